The second-order valence-corrected chi connectivity index (χ2v) is 8.37. The summed E-state index contributed by atoms with van der Waals surface area (Å²) < 4.78 is 6.42. The lowest BCUT2D eigenvalue weighted by atomic mass is 9.78. The molecule has 2 saturated heterocycles. The normalized spacial score (nSPS) is 19.4. The molecule has 27 heavy (non-hydrogen) atoms. The molecule has 0 saturated carbocycles. The number of likely N-dealkylation sites (tertiary alicyclic amines) is 2. The molecule has 1 aromatic heterocycles. The Hall–Kier alpha value is -2.58. The predicted octanol–water partition coefficient (Wildman–Crippen LogP) is 2.27. The fraction of sp³-hybridized carbons (Fsp3) is 0.667. The SMILES string of the molecule is CC(C)(C)OC(=O)c1ccn(C(=O)N2CCC3(CCN(C(=O)O)C3)CC2)n1. The van der Waals surface area contributed by atoms with Gasteiger partial charge in [0.1, 0.15) is 5.60 Å². The van der Waals surface area contributed by atoms with Crippen molar-refractivity contribution in [1.29, 1.82) is 0 Å². The zero-order chi connectivity index (χ0) is 19.8. The summed E-state index contributed by atoms with van der Waals surface area (Å²) in [5.41, 5.74) is -0.558. The third kappa shape index (κ3) is 4.23. The lowest BCUT2D eigenvalue weighted by molar-refractivity contribution is 0.00622. The van der Waals surface area contributed by atoms with Crippen LogP contribution in [-0.4, -0.2) is 74.6 Å². The van der Waals surface area contributed by atoms with Crippen molar-refractivity contribution in [2.24, 2.45) is 5.41 Å². The number of aromatic nitrogens is 2. The molecule has 3 rings (SSSR count). The van der Waals surface area contributed by atoms with E-state index in [2.05, 4.69) is 5.10 Å². The van der Waals surface area contributed by atoms with Gasteiger partial charge in [-0.2, -0.15) is 9.78 Å². The number of piperidine rings is 1. The zero-order valence-corrected chi connectivity index (χ0v) is 16.0. The Morgan fingerprint density at radius 3 is 2.22 bits per heavy atom. The fourth-order valence-corrected chi connectivity index (χ4v) is 3.69. The van der Waals surface area contributed by atoms with Gasteiger partial charge in [0.05, 0.1) is 0 Å². The molecule has 0 radical (unpaired) electrons. The summed E-state index contributed by atoms with van der Waals surface area (Å²) in [7, 11) is 0. The van der Waals surface area contributed by atoms with E-state index in [1.165, 1.54) is 17.2 Å². The Bertz CT molecular complexity index is 743. The summed E-state index contributed by atoms with van der Waals surface area (Å²) in [6.45, 7) is 7.50. The molecular formula is C18H26N4O5. The molecule has 0 bridgehead atoms. The summed E-state index contributed by atoms with van der Waals surface area (Å²) in [6.07, 6.45) is 2.96. The van der Waals surface area contributed by atoms with Crippen molar-refractivity contribution in [1.82, 2.24) is 19.6 Å². The number of hydrogen-bond donors (Lipinski definition) is 1. The van der Waals surface area contributed by atoms with Crippen molar-refractivity contribution in [3.05, 3.63) is 18.0 Å². The number of nitrogens with zero attached hydrogens (tertiary/aromatic N) is 4. The molecule has 2 fully saturated rings. The molecular weight excluding hydrogens is 352 g/mol. The van der Waals surface area contributed by atoms with Crippen LogP contribution in [0.25, 0.3) is 0 Å². The largest absolute Gasteiger partial charge is 0.465 e. The van der Waals surface area contributed by atoms with Crippen LogP contribution >= 0.6 is 0 Å². The number of ether oxygens (including phenoxy) is 1. The first-order chi connectivity index (χ1) is 12.6. The second-order valence-electron chi connectivity index (χ2n) is 8.37. The van der Waals surface area contributed by atoms with Crippen molar-refractivity contribution < 1.29 is 24.2 Å². The van der Waals surface area contributed by atoms with Gasteiger partial charge in [-0.3, -0.25) is 0 Å². The van der Waals surface area contributed by atoms with Crippen molar-refractivity contribution >= 4 is 18.1 Å². The highest BCUT2D eigenvalue weighted by Crippen LogP contribution is 2.40. The molecule has 1 N–H and O–H groups in total. The molecule has 0 atom stereocenters. The summed E-state index contributed by atoms with van der Waals surface area (Å²) in [5.74, 6) is -0.564. The highest BCUT2D eigenvalue weighted by molar-refractivity contribution is 5.88. The molecule has 2 aliphatic heterocycles. The number of amides is 2. The summed E-state index contributed by atoms with van der Waals surface area (Å²) >= 11 is 0. The third-order valence-electron chi connectivity index (χ3n) is 5.20. The van der Waals surface area contributed by atoms with Gasteiger partial charge >= 0.3 is 18.1 Å². The first-order valence-electron chi connectivity index (χ1n) is 9.15. The predicted molar refractivity (Wildman–Crippen MR) is 95.6 cm³/mol. The number of carbonyl (C=O) groups excluding carboxylic acids is 2. The molecule has 2 aliphatic rings. The van der Waals surface area contributed by atoms with E-state index in [0.29, 0.717) is 26.2 Å². The molecule has 1 spiro atoms. The Kier molecular flexibility index (Phi) is 4.88. The molecule has 3 heterocycles. The highest BCUT2D eigenvalue weighted by Gasteiger charge is 2.43. The fourth-order valence-electron chi connectivity index (χ4n) is 3.69. The minimum atomic E-state index is -0.878. The average Bonchev–Trinajstić information content (AvgIpc) is 3.21. The smallest absolute Gasteiger partial charge is 0.407 e. The van der Waals surface area contributed by atoms with Gasteiger partial charge in [-0.05, 0) is 51.5 Å². The topological polar surface area (TPSA) is 105 Å². The highest BCUT2D eigenvalue weighted by atomic mass is 16.6. The van der Waals surface area contributed by atoms with Crippen molar-refractivity contribution in [3.63, 3.8) is 0 Å². The van der Waals surface area contributed by atoms with E-state index < -0.39 is 17.7 Å². The molecule has 2 amide bonds. The van der Waals surface area contributed by atoms with Gasteiger partial charge in [-0.1, -0.05) is 0 Å². The molecule has 9 nitrogen and oxygen atoms in total. The first-order valence-corrected chi connectivity index (χ1v) is 9.15. The van der Waals surface area contributed by atoms with Gasteiger partial charge in [0.25, 0.3) is 0 Å². The van der Waals surface area contributed by atoms with Crippen molar-refractivity contribution in [3.8, 4) is 0 Å². The van der Waals surface area contributed by atoms with Crippen LogP contribution in [0.2, 0.25) is 0 Å². The minimum Gasteiger partial charge on any atom is -0.465 e. The minimum absolute atomic E-state index is 0.0268. The van der Waals surface area contributed by atoms with E-state index >= 15 is 0 Å². The van der Waals surface area contributed by atoms with Crippen LogP contribution < -0.4 is 0 Å². The number of carbonyl (C=O) groups is 3. The van der Waals surface area contributed by atoms with Crippen LogP contribution in [0.4, 0.5) is 9.59 Å². The van der Waals surface area contributed by atoms with Gasteiger partial charge in [-0.15, -0.1) is 0 Å². The van der Waals surface area contributed by atoms with E-state index in [4.69, 9.17) is 9.84 Å². The first kappa shape index (κ1) is 19.2. The second kappa shape index (κ2) is 6.86. The Morgan fingerprint density at radius 2 is 1.70 bits per heavy atom. The zero-order valence-electron chi connectivity index (χ0n) is 16.0. The average molecular weight is 378 g/mol. The van der Waals surface area contributed by atoms with Crippen LogP contribution in [0.1, 0.15) is 50.5 Å². The van der Waals surface area contributed by atoms with Gasteiger partial charge in [0.15, 0.2) is 5.69 Å². The number of carboxylic acid groups (broad SMARTS) is 1. The maximum absolute atomic E-state index is 12.7. The molecule has 0 aliphatic carbocycles. The summed E-state index contributed by atoms with van der Waals surface area (Å²) in [6, 6.07) is 1.19. The number of esters is 1. The van der Waals surface area contributed by atoms with E-state index in [0.717, 1.165) is 23.9 Å². The Morgan fingerprint density at radius 1 is 1.11 bits per heavy atom. The van der Waals surface area contributed by atoms with Crippen LogP contribution in [0.15, 0.2) is 12.3 Å². The van der Waals surface area contributed by atoms with Crippen LogP contribution in [0.3, 0.4) is 0 Å². The molecule has 148 valence electrons. The lowest BCUT2D eigenvalue weighted by Crippen LogP contribution is -2.46. The quantitative estimate of drug-likeness (QED) is 0.752. The van der Waals surface area contributed by atoms with Gasteiger partial charge in [0, 0.05) is 32.4 Å². The van der Waals surface area contributed by atoms with Crippen LogP contribution in [-0.2, 0) is 4.74 Å². The summed E-state index contributed by atoms with van der Waals surface area (Å²) in [4.78, 5) is 39.0. The Balaban J connectivity index is 1.59. The van der Waals surface area contributed by atoms with Crippen molar-refractivity contribution in [2.45, 2.75) is 45.6 Å². The maximum atomic E-state index is 12.7. The van der Waals surface area contributed by atoms with E-state index in [1.54, 1.807) is 25.7 Å². The standard InChI is InChI=1S/C18H26N4O5/c1-17(2,3)27-14(23)13-4-8-22(19-13)15(24)20-9-5-18(6-10-20)7-11-21(12-18)16(25)26/h4,8H,5-7,9-12H2,1-3H3,(H,25,26). The van der Waals surface area contributed by atoms with E-state index in [9.17, 15) is 14.4 Å². The van der Waals surface area contributed by atoms with Gasteiger partial charge < -0.3 is 19.6 Å². The third-order valence-corrected chi connectivity index (χ3v) is 5.20. The maximum Gasteiger partial charge on any atom is 0.407 e. The molecule has 1 aromatic rings. The molecule has 0 unspecified atom stereocenters. The van der Waals surface area contributed by atoms with E-state index in [-0.39, 0.29) is 17.1 Å². The number of rotatable bonds is 1. The van der Waals surface area contributed by atoms with Gasteiger partial charge in [-0.25, -0.2) is 14.4 Å². The van der Waals surface area contributed by atoms with E-state index in [1.807, 2.05) is 0 Å². The van der Waals surface area contributed by atoms with Crippen molar-refractivity contribution in [2.75, 3.05) is 26.2 Å². The summed E-state index contributed by atoms with van der Waals surface area (Å²) in [5, 5.41) is 13.2. The van der Waals surface area contributed by atoms with Crippen LogP contribution in [0.5, 0.6) is 0 Å². The molecule has 9 heteroatoms. The van der Waals surface area contributed by atoms with Gasteiger partial charge in [0.2, 0.25) is 0 Å². The Labute approximate surface area is 157 Å². The monoisotopic (exact) mass is 378 g/mol. The lowest BCUT2D eigenvalue weighted by Gasteiger charge is -2.38. The van der Waals surface area contributed by atoms with Crippen LogP contribution in [0, 0.1) is 5.41 Å². The number of hydrogen-bond acceptors (Lipinski definition) is 5. The molecule has 0 aromatic carbocycles.